The molecule has 122 valence electrons. The molecule has 0 aliphatic heterocycles. The Morgan fingerprint density at radius 2 is 1.87 bits per heavy atom. The van der Waals surface area contributed by atoms with E-state index in [4.69, 9.17) is 23.2 Å². The van der Waals surface area contributed by atoms with Crippen LogP contribution in [0.5, 0.6) is 5.75 Å². The minimum Gasteiger partial charge on any atom is -0.507 e. The first-order valence-corrected chi connectivity index (χ1v) is 8.73. The summed E-state index contributed by atoms with van der Waals surface area (Å²) < 4.78 is 29.4. The molecule has 0 aliphatic carbocycles. The Hall–Kier alpha value is -1.76. The highest BCUT2D eigenvalue weighted by Crippen LogP contribution is 2.29. The molecule has 0 saturated carbocycles. The topological polar surface area (TPSA) is 80.7 Å². The third kappa shape index (κ3) is 3.96. The lowest BCUT2D eigenvalue weighted by molar-refractivity contribution is 0.0597. The summed E-state index contributed by atoms with van der Waals surface area (Å²) in [4.78, 5) is 11.3. The molecule has 0 spiro atoms. The maximum absolute atomic E-state index is 12.4. The number of aromatic hydroxyl groups is 1. The Kier molecular flexibility index (Phi) is 5.19. The number of rotatable bonds is 4. The smallest absolute Gasteiger partial charge is 0.341 e. The summed E-state index contributed by atoms with van der Waals surface area (Å²) >= 11 is 11.7. The fourth-order valence-electron chi connectivity index (χ4n) is 1.96. The van der Waals surface area contributed by atoms with Crippen molar-refractivity contribution in [3.8, 4) is 5.75 Å². The van der Waals surface area contributed by atoms with Crippen molar-refractivity contribution < 1.29 is 23.1 Å². The van der Waals surface area contributed by atoms with Gasteiger partial charge in [-0.05, 0) is 35.9 Å². The summed E-state index contributed by atoms with van der Waals surface area (Å²) in [5, 5.41) is 10.1. The summed E-state index contributed by atoms with van der Waals surface area (Å²) in [6, 6.07) is 8.06. The number of carbonyl (C=O) groups excluding carboxylic acids is 1. The molecule has 0 atom stereocenters. The van der Waals surface area contributed by atoms with E-state index in [2.05, 4.69) is 4.74 Å². The van der Waals surface area contributed by atoms with Crippen molar-refractivity contribution >= 4 is 39.0 Å². The fraction of sp³-hybridized carbons (Fsp3) is 0.133. The zero-order valence-corrected chi connectivity index (χ0v) is 14.2. The number of hydrogen-bond acceptors (Lipinski definition) is 5. The molecule has 0 aliphatic rings. The van der Waals surface area contributed by atoms with E-state index in [0.717, 1.165) is 0 Å². The summed E-state index contributed by atoms with van der Waals surface area (Å²) in [5.74, 6) is -1.47. The predicted molar refractivity (Wildman–Crippen MR) is 86.8 cm³/mol. The van der Waals surface area contributed by atoms with E-state index in [-0.39, 0.29) is 26.3 Å². The summed E-state index contributed by atoms with van der Waals surface area (Å²) in [5.41, 5.74) is 0.251. The molecule has 0 saturated heterocycles. The molecule has 2 aromatic rings. The SMILES string of the molecule is COC(=O)c1ccc(CS(=O)(=O)c2cc(Cl)ccc2Cl)cc1O. The van der Waals surface area contributed by atoms with E-state index in [9.17, 15) is 18.3 Å². The Balaban J connectivity index is 2.36. The van der Waals surface area contributed by atoms with Crippen LogP contribution in [0.15, 0.2) is 41.3 Å². The fourth-order valence-corrected chi connectivity index (χ4v) is 4.11. The predicted octanol–water partition coefficient (Wildman–Crippen LogP) is 3.46. The zero-order chi connectivity index (χ0) is 17.2. The third-order valence-electron chi connectivity index (χ3n) is 3.05. The Morgan fingerprint density at radius 1 is 1.17 bits per heavy atom. The van der Waals surface area contributed by atoms with Crippen LogP contribution in [0.1, 0.15) is 15.9 Å². The molecule has 23 heavy (non-hydrogen) atoms. The first kappa shape index (κ1) is 17.6. The molecule has 0 unspecified atom stereocenters. The number of methoxy groups -OCH3 is 1. The second-order valence-corrected chi connectivity index (χ2v) is 7.48. The van der Waals surface area contributed by atoms with Crippen molar-refractivity contribution in [3.63, 3.8) is 0 Å². The van der Waals surface area contributed by atoms with E-state index >= 15 is 0 Å². The van der Waals surface area contributed by atoms with Crippen LogP contribution in [0, 0.1) is 0 Å². The number of sulfone groups is 1. The van der Waals surface area contributed by atoms with Gasteiger partial charge in [-0.3, -0.25) is 0 Å². The Labute approximate surface area is 143 Å². The van der Waals surface area contributed by atoms with Gasteiger partial charge in [-0.2, -0.15) is 0 Å². The quantitative estimate of drug-likeness (QED) is 0.828. The van der Waals surface area contributed by atoms with Crippen molar-refractivity contribution in [1.29, 1.82) is 0 Å². The number of halogens is 2. The second-order valence-electron chi connectivity index (χ2n) is 4.68. The van der Waals surface area contributed by atoms with Crippen LogP contribution in [0.2, 0.25) is 10.0 Å². The van der Waals surface area contributed by atoms with E-state index in [1.165, 1.54) is 43.5 Å². The molecular formula is C15H12Cl2O5S. The van der Waals surface area contributed by atoms with Crippen molar-refractivity contribution in [1.82, 2.24) is 0 Å². The lowest BCUT2D eigenvalue weighted by Gasteiger charge is -2.09. The molecule has 2 rings (SSSR count). The number of benzene rings is 2. The third-order valence-corrected chi connectivity index (χ3v) is 5.45. The van der Waals surface area contributed by atoms with E-state index in [0.29, 0.717) is 5.56 Å². The van der Waals surface area contributed by atoms with Crippen molar-refractivity contribution in [3.05, 3.63) is 57.6 Å². The standard InChI is InChI=1S/C15H12Cl2O5S/c1-22-15(19)11-4-2-9(6-13(11)18)8-23(20,21)14-7-10(16)3-5-12(14)17/h2-7,18H,8H2,1H3. The molecule has 0 fully saturated rings. The van der Waals surface area contributed by atoms with Crippen LogP contribution in [-0.4, -0.2) is 26.6 Å². The highest BCUT2D eigenvalue weighted by Gasteiger charge is 2.21. The highest BCUT2D eigenvalue weighted by atomic mass is 35.5. The van der Waals surface area contributed by atoms with Gasteiger partial charge in [-0.25, -0.2) is 13.2 Å². The minimum absolute atomic E-state index is 0.0468. The van der Waals surface area contributed by atoms with Crippen molar-refractivity contribution in [2.45, 2.75) is 10.6 Å². The lowest BCUT2D eigenvalue weighted by Crippen LogP contribution is -2.07. The molecule has 0 bridgehead atoms. The average molecular weight is 375 g/mol. The van der Waals surface area contributed by atoms with Gasteiger partial charge >= 0.3 is 5.97 Å². The molecule has 8 heteroatoms. The number of ether oxygens (including phenoxy) is 1. The van der Waals surface area contributed by atoms with Crippen LogP contribution in [0.25, 0.3) is 0 Å². The Bertz CT molecular complexity index is 862. The first-order chi connectivity index (χ1) is 10.7. The van der Waals surface area contributed by atoms with Crippen LogP contribution >= 0.6 is 23.2 Å². The van der Waals surface area contributed by atoms with Gasteiger partial charge in [0.1, 0.15) is 11.3 Å². The number of hydrogen-bond donors (Lipinski definition) is 1. The lowest BCUT2D eigenvalue weighted by atomic mass is 10.1. The highest BCUT2D eigenvalue weighted by molar-refractivity contribution is 7.90. The van der Waals surface area contributed by atoms with Crippen LogP contribution in [-0.2, 0) is 20.3 Å². The van der Waals surface area contributed by atoms with Crippen LogP contribution < -0.4 is 0 Å². The molecule has 0 heterocycles. The van der Waals surface area contributed by atoms with E-state index in [1.807, 2.05) is 0 Å². The number of phenolic OH excluding ortho intramolecular Hbond substituents is 1. The molecule has 0 radical (unpaired) electrons. The van der Waals surface area contributed by atoms with Gasteiger partial charge in [-0.15, -0.1) is 0 Å². The summed E-state index contributed by atoms with van der Waals surface area (Å²) in [7, 11) is -2.58. The number of phenols is 1. The molecule has 2 aromatic carbocycles. The van der Waals surface area contributed by atoms with Gasteiger partial charge in [0.2, 0.25) is 0 Å². The van der Waals surface area contributed by atoms with Gasteiger partial charge in [0.25, 0.3) is 0 Å². The summed E-state index contributed by atoms with van der Waals surface area (Å²) in [6.07, 6.45) is 0. The van der Waals surface area contributed by atoms with Gasteiger partial charge in [-0.1, -0.05) is 29.3 Å². The van der Waals surface area contributed by atoms with E-state index in [1.54, 1.807) is 0 Å². The molecule has 0 amide bonds. The van der Waals surface area contributed by atoms with E-state index < -0.39 is 21.6 Å². The maximum atomic E-state index is 12.4. The molecular weight excluding hydrogens is 363 g/mol. The molecule has 5 nitrogen and oxygen atoms in total. The van der Waals surface area contributed by atoms with Gasteiger partial charge in [0, 0.05) is 5.02 Å². The van der Waals surface area contributed by atoms with Crippen LogP contribution in [0.3, 0.4) is 0 Å². The van der Waals surface area contributed by atoms with Crippen LogP contribution in [0.4, 0.5) is 0 Å². The average Bonchev–Trinajstić information content (AvgIpc) is 2.48. The number of carbonyl (C=O) groups is 1. The molecule has 0 aromatic heterocycles. The van der Waals surface area contributed by atoms with Gasteiger partial charge in [0.05, 0.1) is 22.8 Å². The number of esters is 1. The van der Waals surface area contributed by atoms with Gasteiger partial charge in [0.15, 0.2) is 9.84 Å². The molecule has 1 N–H and O–H groups in total. The van der Waals surface area contributed by atoms with Crippen molar-refractivity contribution in [2.75, 3.05) is 7.11 Å². The maximum Gasteiger partial charge on any atom is 0.341 e. The largest absolute Gasteiger partial charge is 0.507 e. The van der Waals surface area contributed by atoms with Gasteiger partial charge < -0.3 is 9.84 Å². The Morgan fingerprint density at radius 3 is 2.48 bits per heavy atom. The zero-order valence-electron chi connectivity index (χ0n) is 11.9. The van der Waals surface area contributed by atoms with Crippen molar-refractivity contribution in [2.24, 2.45) is 0 Å². The summed E-state index contributed by atoms with van der Waals surface area (Å²) in [6.45, 7) is 0. The second kappa shape index (κ2) is 6.78. The first-order valence-electron chi connectivity index (χ1n) is 6.32. The normalized spacial score (nSPS) is 11.3. The monoisotopic (exact) mass is 374 g/mol. The minimum atomic E-state index is -3.77.